The molecule has 2 heterocycles. The molecule has 9 heteroatoms. The number of hydrogen-bond acceptors (Lipinski definition) is 8. The molecule has 0 unspecified atom stereocenters. The summed E-state index contributed by atoms with van der Waals surface area (Å²) in [6.07, 6.45) is 4.83. The quantitative estimate of drug-likeness (QED) is 0.124. The Bertz CT molecular complexity index is 2130. The molecule has 0 fully saturated rings. The molecule has 7 rings (SSSR count). The number of oxazole rings is 1. The molecule has 240 valence electrons. The number of Topliss-reactive ketones (excluding diaryl/α,β-unsaturated/α-hetero) is 1. The predicted octanol–water partition coefficient (Wildman–Crippen LogP) is 6.51. The number of hydrogen-bond donors (Lipinski definition) is 2. The molecular formula is C39H33N2O7+. The van der Waals surface area contributed by atoms with Gasteiger partial charge < -0.3 is 33.7 Å². The summed E-state index contributed by atoms with van der Waals surface area (Å²) in [5, 5.41) is 20.8. The topological polar surface area (TPSA) is 105 Å². The first kappa shape index (κ1) is 30.6. The van der Waals surface area contributed by atoms with E-state index < -0.39 is 0 Å². The lowest BCUT2D eigenvalue weighted by Crippen LogP contribution is -2.36. The van der Waals surface area contributed by atoms with E-state index in [4.69, 9.17) is 18.6 Å². The minimum Gasteiger partial charge on any atom is -0.506 e. The van der Waals surface area contributed by atoms with Crippen molar-refractivity contribution < 1.29 is 38.2 Å². The van der Waals surface area contributed by atoms with Gasteiger partial charge in [0.05, 0.1) is 36.6 Å². The summed E-state index contributed by atoms with van der Waals surface area (Å²) in [7, 11) is 1.56. The van der Waals surface area contributed by atoms with Gasteiger partial charge in [0, 0.05) is 36.4 Å². The molecule has 0 bridgehead atoms. The first-order chi connectivity index (χ1) is 23.4. The monoisotopic (exact) mass is 641 g/mol. The number of carbonyl (C=O) groups excluding carboxylic acids is 1. The summed E-state index contributed by atoms with van der Waals surface area (Å²) in [5.74, 6) is 1.92. The average Bonchev–Trinajstić information content (AvgIpc) is 3.65. The van der Waals surface area contributed by atoms with Crippen molar-refractivity contribution in [3.63, 3.8) is 0 Å². The Hall–Kier alpha value is -6.06. The number of anilines is 1. The molecule has 0 radical (unpaired) electrons. The maximum Gasteiger partial charge on any atom is 0.375 e. The zero-order chi connectivity index (χ0) is 33.2. The maximum atomic E-state index is 13.5. The molecule has 0 atom stereocenters. The van der Waals surface area contributed by atoms with Gasteiger partial charge in [-0.15, -0.1) is 0 Å². The average molecular weight is 642 g/mol. The van der Waals surface area contributed by atoms with E-state index >= 15 is 0 Å². The molecule has 0 saturated carbocycles. The number of methoxy groups -OCH3 is 1. The maximum absolute atomic E-state index is 13.5. The van der Waals surface area contributed by atoms with E-state index in [0.717, 1.165) is 27.9 Å². The lowest BCUT2D eigenvalue weighted by Gasteiger charge is -2.21. The van der Waals surface area contributed by atoms with E-state index in [9.17, 15) is 15.0 Å². The molecule has 1 aromatic heterocycles. The van der Waals surface area contributed by atoms with Gasteiger partial charge in [-0.3, -0.25) is 4.79 Å². The molecule has 2 N–H and O–H groups in total. The van der Waals surface area contributed by atoms with Gasteiger partial charge in [0.1, 0.15) is 23.9 Å². The van der Waals surface area contributed by atoms with Crippen molar-refractivity contribution in [2.24, 2.45) is 0 Å². The molecule has 2 aliphatic rings. The van der Waals surface area contributed by atoms with E-state index in [-0.39, 0.29) is 35.8 Å². The van der Waals surface area contributed by atoms with Crippen molar-refractivity contribution in [3.8, 4) is 17.2 Å². The molecule has 1 aliphatic carbocycles. The van der Waals surface area contributed by atoms with Crippen LogP contribution in [0.4, 0.5) is 5.69 Å². The molecule has 0 amide bonds. The molecule has 0 spiro atoms. The van der Waals surface area contributed by atoms with Crippen LogP contribution in [0.15, 0.2) is 131 Å². The lowest BCUT2D eigenvalue weighted by atomic mass is 9.87. The second-order valence-corrected chi connectivity index (χ2v) is 11.3. The number of fused-ring (bicyclic) bond motifs is 2. The van der Waals surface area contributed by atoms with Gasteiger partial charge in [-0.25, -0.2) is 0 Å². The fourth-order valence-electron chi connectivity index (χ4n) is 5.74. The highest BCUT2D eigenvalue weighted by Crippen LogP contribution is 2.42. The summed E-state index contributed by atoms with van der Waals surface area (Å²) < 4.78 is 25.6. The summed E-state index contributed by atoms with van der Waals surface area (Å²) in [6, 6.07) is 28.9. The largest absolute Gasteiger partial charge is 0.506 e. The van der Waals surface area contributed by atoms with Gasteiger partial charge in [-0.05, 0) is 29.3 Å². The Morgan fingerprint density at radius 1 is 0.938 bits per heavy atom. The van der Waals surface area contributed by atoms with Crippen LogP contribution in [0.3, 0.4) is 0 Å². The van der Waals surface area contributed by atoms with Gasteiger partial charge in [-0.1, -0.05) is 67.3 Å². The number of ketones is 1. The van der Waals surface area contributed by atoms with E-state index in [1.54, 1.807) is 36.3 Å². The third-order valence-corrected chi connectivity index (χ3v) is 8.30. The van der Waals surface area contributed by atoms with Crippen LogP contribution in [0, 0.1) is 0 Å². The second-order valence-electron chi connectivity index (χ2n) is 11.3. The Labute approximate surface area is 277 Å². The van der Waals surface area contributed by atoms with E-state index in [2.05, 4.69) is 6.58 Å². The summed E-state index contributed by atoms with van der Waals surface area (Å²) in [4.78, 5) is 15.2. The van der Waals surface area contributed by atoms with Crippen LogP contribution in [0.1, 0.15) is 22.6 Å². The number of allylic oxidation sites excluding steroid dienone is 3. The van der Waals surface area contributed by atoms with E-state index in [1.807, 2.05) is 83.4 Å². The number of aliphatic hydroxyl groups is 2. The van der Waals surface area contributed by atoms with Crippen molar-refractivity contribution in [1.82, 2.24) is 0 Å². The van der Waals surface area contributed by atoms with E-state index in [1.165, 1.54) is 6.08 Å². The van der Waals surface area contributed by atoms with Crippen LogP contribution < -0.4 is 23.7 Å². The highest BCUT2D eigenvalue weighted by atomic mass is 16.5. The van der Waals surface area contributed by atoms with Crippen LogP contribution in [-0.2, 0) is 17.9 Å². The number of aliphatic hydroxyl groups excluding tert-OH is 2. The Kier molecular flexibility index (Phi) is 8.27. The summed E-state index contributed by atoms with van der Waals surface area (Å²) in [5.41, 5.74) is 5.36. The highest BCUT2D eigenvalue weighted by molar-refractivity contribution is 6.23. The molecule has 4 aromatic carbocycles. The molecule has 5 aromatic rings. The van der Waals surface area contributed by atoms with E-state index in [0.29, 0.717) is 47.8 Å². The van der Waals surface area contributed by atoms with Crippen molar-refractivity contribution in [2.45, 2.75) is 13.2 Å². The molecule has 9 nitrogen and oxygen atoms in total. The Balaban J connectivity index is 1.22. The highest BCUT2D eigenvalue weighted by Gasteiger charge is 2.37. The van der Waals surface area contributed by atoms with Crippen molar-refractivity contribution in [1.29, 1.82) is 0 Å². The molecule has 0 saturated heterocycles. The van der Waals surface area contributed by atoms with Gasteiger partial charge in [0.2, 0.25) is 17.2 Å². The minimum atomic E-state index is -0.365. The third kappa shape index (κ3) is 5.83. The number of ether oxygens (including phenoxy) is 3. The lowest BCUT2D eigenvalue weighted by molar-refractivity contribution is -0.669. The number of nitrogens with zero attached hydrogens (tertiary/aromatic N) is 2. The number of rotatable bonds is 11. The van der Waals surface area contributed by atoms with Crippen LogP contribution in [0.25, 0.3) is 23.3 Å². The number of aromatic nitrogens is 1. The Morgan fingerprint density at radius 3 is 2.46 bits per heavy atom. The molecule has 48 heavy (non-hydrogen) atoms. The minimum absolute atomic E-state index is 0.0956. The normalized spacial score (nSPS) is 15.5. The second kappa shape index (κ2) is 13.0. The SMILES string of the molecule is C=Cc1ccc(C[n+]2c(/C=C3/C(=O)C(/C=C4/Oc5cc(OC)ccc5N4CCO)=C3O)oc3cc(OCc4ccccc4)ccc32)cc1. The third-order valence-electron chi connectivity index (χ3n) is 8.30. The van der Waals surface area contributed by atoms with Gasteiger partial charge in [0.25, 0.3) is 5.52 Å². The summed E-state index contributed by atoms with van der Waals surface area (Å²) >= 11 is 0. The first-order valence-corrected chi connectivity index (χ1v) is 15.5. The van der Waals surface area contributed by atoms with Crippen LogP contribution >= 0.6 is 0 Å². The predicted molar refractivity (Wildman–Crippen MR) is 182 cm³/mol. The van der Waals surface area contributed by atoms with Crippen molar-refractivity contribution >= 4 is 34.7 Å². The van der Waals surface area contributed by atoms with Crippen LogP contribution in [0.5, 0.6) is 17.2 Å². The Morgan fingerprint density at radius 2 is 1.73 bits per heavy atom. The zero-order valence-electron chi connectivity index (χ0n) is 26.3. The van der Waals surface area contributed by atoms with Crippen LogP contribution in [-0.4, -0.2) is 36.3 Å². The fraction of sp³-hybridized carbons (Fsp3) is 0.128. The number of β-amino-alcohol motifs (C(OH)–C–C–N with tert-alkyl or cyclic N) is 1. The van der Waals surface area contributed by atoms with Gasteiger partial charge in [0.15, 0.2) is 12.3 Å². The fourth-order valence-corrected chi connectivity index (χ4v) is 5.74. The van der Waals surface area contributed by atoms with Gasteiger partial charge in [-0.2, -0.15) is 4.57 Å². The molecular weight excluding hydrogens is 608 g/mol. The number of carbonyl (C=O) groups is 1. The standard InChI is InChI=1S/C39H32N2O7/c1-3-25-9-11-26(12-10-25)23-41-33-16-14-29(46-24-27-7-5-4-6-8-27)20-35(33)48-37(41)22-31-38(43)30(39(31)44)21-36-40(17-18-42)32-15-13-28(45-2)19-34(32)47-36/h3-16,19-22,42H,1,17-18,23-24H2,2H3/p+1. The first-order valence-electron chi connectivity index (χ1n) is 15.5. The smallest absolute Gasteiger partial charge is 0.375 e. The van der Waals surface area contributed by atoms with Crippen molar-refractivity contribution in [3.05, 3.63) is 149 Å². The number of benzene rings is 4. The summed E-state index contributed by atoms with van der Waals surface area (Å²) in [6.45, 7) is 4.79. The van der Waals surface area contributed by atoms with Crippen LogP contribution in [0.2, 0.25) is 0 Å². The van der Waals surface area contributed by atoms with Crippen molar-refractivity contribution in [2.75, 3.05) is 25.2 Å². The van der Waals surface area contributed by atoms with Gasteiger partial charge >= 0.3 is 5.89 Å². The zero-order valence-corrected chi connectivity index (χ0v) is 26.3. The molecule has 1 aliphatic heterocycles.